The van der Waals surface area contributed by atoms with Gasteiger partial charge in [0.25, 0.3) is 0 Å². The van der Waals surface area contributed by atoms with Gasteiger partial charge in [-0.1, -0.05) is 25.1 Å². The van der Waals surface area contributed by atoms with Gasteiger partial charge in [0.2, 0.25) is 0 Å². The first-order valence-corrected chi connectivity index (χ1v) is 7.60. The summed E-state index contributed by atoms with van der Waals surface area (Å²) in [7, 11) is 1.99. The van der Waals surface area contributed by atoms with Crippen LogP contribution in [-0.2, 0) is 12.8 Å². The van der Waals surface area contributed by atoms with Gasteiger partial charge < -0.3 is 10.1 Å². The average Bonchev–Trinajstić information content (AvgIpc) is 2.54. The largest absolute Gasteiger partial charge is 0.494 e. The van der Waals surface area contributed by atoms with Crippen molar-refractivity contribution >= 4 is 0 Å². The molecule has 0 fully saturated rings. The number of benzene rings is 1. The van der Waals surface area contributed by atoms with Gasteiger partial charge in [-0.3, -0.25) is 4.98 Å². The minimum Gasteiger partial charge on any atom is -0.494 e. The fourth-order valence-electron chi connectivity index (χ4n) is 2.34. The summed E-state index contributed by atoms with van der Waals surface area (Å²) in [5, 5.41) is 3.37. The quantitative estimate of drug-likeness (QED) is 0.844. The molecule has 0 amide bonds. The molecule has 2 rings (SSSR count). The second kappa shape index (κ2) is 7.79. The third-order valence-corrected chi connectivity index (χ3v) is 3.65. The van der Waals surface area contributed by atoms with E-state index < -0.39 is 0 Å². The van der Waals surface area contributed by atoms with Gasteiger partial charge in [0.1, 0.15) is 5.75 Å². The Kier molecular flexibility index (Phi) is 5.76. The number of rotatable bonds is 7. The number of hydrogen-bond acceptors (Lipinski definition) is 3. The van der Waals surface area contributed by atoms with Crippen molar-refractivity contribution in [3.63, 3.8) is 0 Å². The predicted molar refractivity (Wildman–Crippen MR) is 86.7 cm³/mol. The van der Waals surface area contributed by atoms with E-state index in [4.69, 9.17) is 4.74 Å². The van der Waals surface area contributed by atoms with E-state index in [0.29, 0.717) is 6.61 Å². The van der Waals surface area contributed by atoms with E-state index in [-0.39, 0.29) is 6.04 Å². The van der Waals surface area contributed by atoms with E-state index in [0.717, 1.165) is 24.3 Å². The molecule has 0 aliphatic heterocycles. The van der Waals surface area contributed by atoms with Crippen LogP contribution in [-0.4, -0.2) is 18.6 Å². The molecule has 2 aromatic rings. The normalized spacial score (nSPS) is 12.1. The van der Waals surface area contributed by atoms with E-state index in [1.54, 1.807) is 0 Å². The topological polar surface area (TPSA) is 34.1 Å². The lowest BCUT2D eigenvalue weighted by Crippen LogP contribution is -2.19. The zero-order valence-corrected chi connectivity index (χ0v) is 13.1. The smallest absolute Gasteiger partial charge is 0.119 e. The number of aryl methyl sites for hydroxylation is 1. The van der Waals surface area contributed by atoms with Crippen molar-refractivity contribution in [2.75, 3.05) is 13.7 Å². The molecule has 0 spiro atoms. The minimum absolute atomic E-state index is 0.264. The van der Waals surface area contributed by atoms with Crippen LogP contribution in [0.2, 0.25) is 0 Å². The Hall–Kier alpha value is -1.87. The number of nitrogens with zero attached hydrogens (tertiary/aromatic N) is 1. The number of pyridine rings is 1. The third-order valence-electron chi connectivity index (χ3n) is 3.65. The van der Waals surface area contributed by atoms with Gasteiger partial charge in [-0.25, -0.2) is 0 Å². The van der Waals surface area contributed by atoms with Gasteiger partial charge in [0.05, 0.1) is 6.61 Å². The van der Waals surface area contributed by atoms with Crippen molar-refractivity contribution in [1.29, 1.82) is 0 Å². The SMILES string of the molecule is CCOc1ccc(C(Cc2ccc(CC)cn2)NC)cc1. The Labute approximate surface area is 127 Å². The van der Waals surface area contributed by atoms with Gasteiger partial charge >= 0.3 is 0 Å². The lowest BCUT2D eigenvalue weighted by molar-refractivity contribution is 0.340. The Balaban J connectivity index is 2.07. The van der Waals surface area contributed by atoms with Crippen LogP contribution in [0.4, 0.5) is 0 Å². The van der Waals surface area contributed by atoms with Gasteiger partial charge in [-0.05, 0) is 49.7 Å². The molecule has 1 aromatic carbocycles. The van der Waals surface area contributed by atoms with Gasteiger partial charge in [0, 0.05) is 24.4 Å². The molecule has 1 heterocycles. The highest BCUT2D eigenvalue weighted by atomic mass is 16.5. The summed E-state index contributed by atoms with van der Waals surface area (Å²) >= 11 is 0. The van der Waals surface area contributed by atoms with Gasteiger partial charge in [0.15, 0.2) is 0 Å². The lowest BCUT2D eigenvalue weighted by atomic mass is 10.0. The first kappa shape index (κ1) is 15.5. The number of hydrogen-bond donors (Lipinski definition) is 1. The molecule has 0 saturated carbocycles. The lowest BCUT2D eigenvalue weighted by Gasteiger charge is -2.17. The summed E-state index contributed by atoms with van der Waals surface area (Å²) in [5.74, 6) is 0.918. The molecule has 0 saturated heterocycles. The Morgan fingerprint density at radius 3 is 2.38 bits per heavy atom. The first-order valence-electron chi connectivity index (χ1n) is 7.60. The van der Waals surface area contributed by atoms with Crippen molar-refractivity contribution in [3.8, 4) is 5.75 Å². The Morgan fingerprint density at radius 2 is 1.86 bits per heavy atom. The van der Waals surface area contributed by atoms with Crippen LogP contribution in [0.15, 0.2) is 42.6 Å². The van der Waals surface area contributed by atoms with Gasteiger partial charge in [-0.15, -0.1) is 0 Å². The molecule has 3 heteroatoms. The molecule has 1 unspecified atom stereocenters. The molecule has 0 aliphatic carbocycles. The number of aromatic nitrogens is 1. The maximum atomic E-state index is 5.49. The predicted octanol–water partition coefficient (Wildman–Crippen LogP) is 3.55. The van der Waals surface area contributed by atoms with E-state index in [1.165, 1.54) is 11.1 Å². The van der Waals surface area contributed by atoms with E-state index >= 15 is 0 Å². The monoisotopic (exact) mass is 284 g/mol. The van der Waals surface area contributed by atoms with Crippen molar-refractivity contribution < 1.29 is 4.74 Å². The fourth-order valence-corrected chi connectivity index (χ4v) is 2.34. The van der Waals surface area contributed by atoms with Crippen molar-refractivity contribution in [3.05, 3.63) is 59.4 Å². The highest BCUT2D eigenvalue weighted by molar-refractivity contribution is 5.30. The van der Waals surface area contributed by atoms with Crippen LogP contribution >= 0.6 is 0 Å². The summed E-state index contributed by atoms with van der Waals surface area (Å²) in [6.45, 7) is 4.84. The van der Waals surface area contributed by atoms with Crippen LogP contribution in [0.25, 0.3) is 0 Å². The molecule has 112 valence electrons. The van der Waals surface area contributed by atoms with E-state index in [1.807, 2.05) is 32.3 Å². The molecule has 1 N–H and O–H groups in total. The first-order chi connectivity index (χ1) is 10.3. The third kappa shape index (κ3) is 4.30. The van der Waals surface area contributed by atoms with Crippen LogP contribution in [0, 0.1) is 0 Å². The Morgan fingerprint density at radius 1 is 1.10 bits per heavy atom. The number of ether oxygens (including phenoxy) is 1. The molecule has 0 bridgehead atoms. The second-order valence-electron chi connectivity index (χ2n) is 5.06. The van der Waals surface area contributed by atoms with Crippen LogP contribution < -0.4 is 10.1 Å². The number of likely N-dealkylation sites (N-methyl/N-ethyl adjacent to an activating group) is 1. The summed E-state index contributed by atoms with van der Waals surface area (Å²) in [4.78, 5) is 4.55. The summed E-state index contributed by atoms with van der Waals surface area (Å²) in [6, 6.07) is 12.8. The zero-order valence-electron chi connectivity index (χ0n) is 13.1. The fraction of sp³-hybridized carbons (Fsp3) is 0.389. The average molecular weight is 284 g/mol. The maximum Gasteiger partial charge on any atom is 0.119 e. The second-order valence-corrected chi connectivity index (χ2v) is 5.06. The van der Waals surface area contributed by atoms with Gasteiger partial charge in [-0.2, -0.15) is 0 Å². The molecule has 1 atom stereocenters. The van der Waals surface area contributed by atoms with Crippen LogP contribution in [0.3, 0.4) is 0 Å². The highest BCUT2D eigenvalue weighted by Crippen LogP contribution is 2.20. The van der Waals surface area contributed by atoms with E-state index in [9.17, 15) is 0 Å². The van der Waals surface area contributed by atoms with Crippen molar-refractivity contribution in [2.45, 2.75) is 32.7 Å². The molecular formula is C18H24N2O. The minimum atomic E-state index is 0.264. The number of nitrogens with one attached hydrogen (secondary N) is 1. The standard InChI is InChI=1S/C18H24N2O/c1-4-14-6-9-16(20-13-14)12-18(19-3)15-7-10-17(11-8-15)21-5-2/h6-11,13,18-19H,4-5,12H2,1-3H3. The molecule has 0 aliphatic rings. The summed E-state index contributed by atoms with van der Waals surface area (Å²) in [6.07, 6.45) is 3.89. The zero-order chi connectivity index (χ0) is 15.1. The summed E-state index contributed by atoms with van der Waals surface area (Å²) < 4.78 is 5.49. The molecule has 1 aromatic heterocycles. The Bertz CT molecular complexity index is 534. The molecule has 21 heavy (non-hydrogen) atoms. The van der Waals surface area contributed by atoms with Crippen LogP contribution in [0.1, 0.15) is 36.7 Å². The molecule has 0 radical (unpaired) electrons. The maximum absolute atomic E-state index is 5.49. The molecule has 3 nitrogen and oxygen atoms in total. The van der Waals surface area contributed by atoms with E-state index in [2.05, 4.69) is 41.5 Å². The highest BCUT2D eigenvalue weighted by Gasteiger charge is 2.11. The van der Waals surface area contributed by atoms with Crippen molar-refractivity contribution in [2.24, 2.45) is 0 Å². The summed E-state index contributed by atoms with van der Waals surface area (Å²) in [5.41, 5.74) is 3.64. The van der Waals surface area contributed by atoms with Crippen molar-refractivity contribution in [1.82, 2.24) is 10.3 Å². The molecular weight excluding hydrogens is 260 g/mol. The van der Waals surface area contributed by atoms with Crippen LogP contribution in [0.5, 0.6) is 5.75 Å².